The van der Waals surface area contributed by atoms with Crippen LogP contribution in [-0.2, 0) is 0 Å². The molecule has 3 aromatic carbocycles. The molecular weight excluding hydrogens is 993 g/mol. The molecule has 4 aliphatic rings. The number of halogens is 12. The maximum atomic E-state index is 17.0. The van der Waals surface area contributed by atoms with Crippen molar-refractivity contribution in [2.45, 2.75) is 0 Å². The number of anilines is 3. The first-order chi connectivity index (χ1) is 35.4. The van der Waals surface area contributed by atoms with E-state index in [1.54, 1.807) is 21.1 Å². The van der Waals surface area contributed by atoms with Gasteiger partial charge in [-0.2, -0.15) is 0 Å². The molecule has 4 aliphatic heterocycles. The molecule has 386 valence electrons. The quantitative estimate of drug-likeness (QED) is 0.113. The Kier molecular flexibility index (Phi) is 12.4. The van der Waals surface area contributed by atoms with E-state index in [0.717, 1.165) is 29.2 Å². The first-order valence-electron chi connectivity index (χ1n) is 23.7. The van der Waals surface area contributed by atoms with Gasteiger partial charge in [0.05, 0.1) is 39.1 Å². The van der Waals surface area contributed by atoms with E-state index in [-0.39, 0.29) is 79.9 Å². The van der Waals surface area contributed by atoms with Crippen LogP contribution in [0.4, 0.5) is 69.7 Å². The number of H-pyrrole nitrogens is 3. The summed E-state index contributed by atoms with van der Waals surface area (Å²) in [5, 5.41) is 0. The van der Waals surface area contributed by atoms with Crippen LogP contribution in [0, 0.1) is 69.8 Å². The second kappa shape index (κ2) is 18.6. The molecule has 74 heavy (non-hydrogen) atoms. The zero-order valence-corrected chi connectivity index (χ0v) is 39.8. The smallest absolute Gasteiger partial charge is 0.185 e. The van der Waals surface area contributed by atoms with Crippen molar-refractivity contribution in [3.8, 4) is 33.4 Å². The summed E-state index contributed by atoms with van der Waals surface area (Å²) in [7, 11) is 5.29. The van der Waals surface area contributed by atoms with Crippen LogP contribution in [0.2, 0.25) is 0 Å². The minimum Gasteiger partial charge on any atom is -0.364 e. The van der Waals surface area contributed by atoms with Gasteiger partial charge in [-0.05, 0) is 69.7 Å². The fourth-order valence-corrected chi connectivity index (χ4v) is 10.4. The van der Waals surface area contributed by atoms with Gasteiger partial charge in [0.25, 0.3) is 0 Å². The van der Waals surface area contributed by atoms with Crippen molar-refractivity contribution in [2.75, 3.05) is 114 Å². The first kappa shape index (κ1) is 49.1. The molecular formula is C52H44F12N10. The van der Waals surface area contributed by atoms with E-state index in [0.29, 0.717) is 26.2 Å². The fourth-order valence-electron chi connectivity index (χ4n) is 10.4. The molecule has 0 saturated carbocycles. The van der Waals surface area contributed by atoms with Crippen molar-refractivity contribution in [2.24, 2.45) is 0 Å². The van der Waals surface area contributed by atoms with Crippen LogP contribution >= 0.6 is 0 Å². The zero-order chi connectivity index (χ0) is 52.2. The molecule has 4 aromatic heterocycles. The Labute approximate surface area is 414 Å². The van der Waals surface area contributed by atoms with Crippen LogP contribution in [0.15, 0.2) is 36.4 Å². The average Bonchev–Trinajstić information content (AvgIpc) is 4.25. The zero-order valence-electron chi connectivity index (χ0n) is 39.8. The highest BCUT2D eigenvalue weighted by Gasteiger charge is 2.36. The van der Waals surface area contributed by atoms with Gasteiger partial charge < -0.3 is 44.4 Å². The molecule has 0 unspecified atom stereocenters. The van der Waals surface area contributed by atoms with Gasteiger partial charge >= 0.3 is 0 Å². The minimum atomic E-state index is -1.91. The highest BCUT2D eigenvalue weighted by Crippen LogP contribution is 2.45. The van der Waals surface area contributed by atoms with Crippen molar-refractivity contribution in [1.82, 2.24) is 34.6 Å². The Morgan fingerprint density at radius 3 is 0.811 bits per heavy atom. The highest BCUT2D eigenvalue weighted by atomic mass is 19.2. The maximum absolute atomic E-state index is 17.0. The van der Waals surface area contributed by atoms with Crippen molar-refractivity contribution in [3.63, 3.8) is 0 Å². The van der Waals surface area contributed by atoms with E-state index in [9.17, 15) is 0 Å². The molecule has 8 heterocycles. The number of nitrogens with zero attached hydrogens (tertiary/aromatic N) is 7. The van der Waals surface area contributed by atoms with E-state index in [1.807, 2.05) is 14.7 Å². The van der Waals surface area contributed by atoms with E-state index < -0.39 is 137 Å². The van der Waals surface area contributed by atoms with Crippen molar-refractivity contribution < 1.29 is 52.7 Å². The third-order valence-corrected chi connectivity index (χ3v) is 14.5. The Balaban J connectivity index is 1.24. The summed E-state index contributed by atoms with van der Waals surface area (Å²) in [5.74, 6) is -21.6. The standard InChI is InChI=1S/C52H44F12N10/c1-69-12-18-72(19-13-69)50-44(59)38(53)35(39(54)45(50)60)32-26-6-4-24(65-26)25-5-7-27(66-25)33(36-40(55)46(61)51(47(62)41(36)56)73-20-14-70(2)15-21-73)29-9-11-31(68-29)34(30-10-8-28(32)67-30)37-42(57)48(63)52(49(64)43(37)58)74-22-16-71(3)17-23-74/h4-11,65-67H,12-23H2,1-3H3. The average molecular weight is 1040 g/mol. The predicted molar refractivity (Wildman–Crippen MR) is 260 cm³/mol. The molecule has 0 atom stereocenters. The molecule has 10 nitrogen and oxygen atoms in total. The van der Waals surface area contributed by atoms with Crippen LogP contribution in [-0.4, -0.2) is 134 Å². The lowest BCUT2D eigenvalue weighted by molar-refractivity contribution is 0.309. The topological polar surface area (TPSA) is 79.7 Å². The number of hydrogen-bond acceptors (Lipinski definition) is 7. The lowest BCUT2D eigenvalue weighted by Gasteiger charge is -2.34. The number of benzene rings is 3. The summed E-state index contributed by atoms with van der Waals surface area (Å²) in [6, 6.07) is 7.52. The summed E-state index contributed by atoms with van der Waals surface area (Å²) in [6.07, 6.45) is 2.15. The second-order valence-corrected chi connectivity index (χ2v) is 19.0. The number of aromatic amines is 3. The van der Waals surface area contributed by atoms with Gasteiger partial charge in [0.1, 0.15) is 17.1 Å². The SMILES string of the molecule is CN1CCN(c2c(F)c(F)c(-c3c4nc(c(-c5c(F)c(F)c(N6CCN(C)CC6)c(F)c5F)c5ccc([nH]5)c5ccc([nH]5)c(-c5c(F)c(F)c(N6CCN(C)CC6)c(F)c5F)c5ccc3[nH]5)C=C4)c(F)c2F)CC1. The van der Waals surface area contributed by atoms with Gasteiger partial charge in [0.2, 0.25) is 0 Å². The van der Waals surface area contributed by atoms with Gasteiger partial charge in [-0.1, -0.05) is 0 Å². The largest absolute Gasteiger partial charge is 0.364 e. The van der Waals surface area contributed by atoms with Crippen LogP contribution in [0.1, 0.15) is 11.4 Å². The number of rotatable bonds is 6. The summed E-state index contributed by atoms with van der Waals surface area (Å²) < 4.78 is 200. The van der Waals surface area contributed by atoms with Gasteiger partial charge in [-0.3, -0.25) is 0 Å². The van der Waals surface area contributed by atoms with Crippen molar-refractivity contribution in [3.05, 3.63) is 118 Å². The fraction of sp³-hybridized carbons (Fsp3) is 0.288. The normalized spacial score (nSPS) is 16.7. The molecule has 3 fully saturated rings. The van der Waals surface area contributed by atoms with E-state index in [4.69, 9.17) is 0 Å². The number of likely N-dealkylation sites (N-methyl/N-ethyl adjacent to an activating group) is 3. The highest BCUT2D eigenvalue weighted by molar-refractivity contribution is 6.00. The molecule has 3 saturated heterocycles. The summed E-state index contributed by atoms with van der Waals surface area (Å²) >= 11 is 0. The molecule has 11 rings (SSSR count). The van der Waals surface area contributed by atoms with E-state index in [1.165, 1.54) is 34.1 Å². The Hall–Kier alpha value is -7.17. The molecule has 0 aliphatic carbocycles. The molecule has 0 radical (unpaired) electrons. The van der Waals surface area contributed by atoms with E-state index >= 15 is 52.7 Å². The lowest BCUT2D eigenvalue weighted by atomic mass is 10.00. The second-order valence-electron chi connectivity index (χ2n) is 19.0. The number of piperazine rings is 3. The van der Waals surface area contributed by atoms with Crippen LogP contribution in [0.5, 0.6) is 0 Å². The summed E-state index contributed by atoms with van der Waals surface area (Å²) in [5.41, 5.74) is -10.7. The van der Waals surface area contributed by atoms with Gasteiger partial charge in [-0.15, -0.1) is 0 Å². The number of fused-ring (bicyclic) bond motifs is 9. The lowest BCUT2D eigenvalue weighted by Crippen LogP contribution is -2.45. The van der Waals surface area contributed by atoms with E-state index in [2.05, 4.69) is 19.9 Å². The molecule has 8 bridgehead atoms. The Bertz CT molecular complexity index is 3510. The maximum Gasteiger partial charge on any atom is 0.185 e. The number of nitrogens with one attached hydrogen (secondary N) is 3. The van der Waals surface area contributed by atoms with Crippen LogP contribution < -0.4 is 14.7 Å². The number of aromatic nitrogens is 4. The molecule has 7 aromatic rings. The first-order valence-corrected chi connectivity index (χ1v) is 23.7. The summed E-state index contributed by atoms with van der Waals surface area (Å²) in [6.45, 7) is 1.95. The molecule has 22 heteroatoms. The minimum absolute atomic E-state index is 0.0135. The Morgan fingerprint density at radius 2 is 0.527 bits per heavy atom. The third-order valence-electron chi connectivity index (χ3n) is 14.5. The van der Waals surface area contributed by atoms with Gasteiger partial charge in [0, 0.05) is 117 Å². The number of hydrogen-bond donors (Lipinski definition) is 3. The van der Waals surface area contributed by atoms with Gasteiger partial charge in [-0.25, -0.2) is 57.7 Å². The summed E-state index contributed by atoms with van der Waals surface area (Å²) in [4.78, 5) is 22.2. The Morgan fingerprint density at radius 1 is 0.297 bits per heavy atom. The van der Waals surface area contributed by atoms with Crippen LogP contribution in [0.25, 0.3) is 78.6 Å². The van der Waals surface area contributed by atoms with Gasteiger partial charge in [0.15, 0.2) is 69.8 Å². The molecule has 3 N–H and O–H groups in total. The molecule has 0 amide bonds. The van der Waals surface area contributed by atoms with Crippen LogP contribution in [0.3, 0.4) is 0 Å². The predicted octanol–water partition coefficient (Wildman–Crippen LogP) is 10.6. The monoisotopic (exact) mass is 1040 g/mol. The third kappa shape index (κ3) is 7.90. The van der Waals surface area contributed by atoms with Crippen molar-refractivity contribution in [1.29, 1.82) is 0 Å². The van der Waals surface area contributed by atoms with Crippen molar-refractivity contribution >= 4 is 62.3 Å². The molecule has 0 spiro atoms.